The van der Waals surface area contributed by atoms with Crippen molar-refractivity contribution in [2.75, 3.05) is 5.32 Å². The third-order valence-electron chi connectivity index (χ3n) is 5.55. The molecule has 2 heteroatoms. The Morgan fingerprint density at radius 2 is 1.13 bits per heavy atom. The molecule has 0 heterocycles. The molecule has 0 fully saturated rings. The van der Waals surface area contributed by atoms with Gasteiger partial charge in [0, 0.05) is 17.1 Å². The van der Waals surface area contributed by atoms with Crippen LogP contribution in [0.3, 0.4) is 0 Å². The normalized spacial score (nSPS) is 12.3. The van der Waals surface area contributed by atoms with E-state index in [-0.39, 0.29) is 0 Å². The van der Waals surface area contributed by atoms with Gasteiger partial charge in [-0.2, -0.15) is 0 Å². The first-order valence-corrected chi connectivity index (χ1v) is 12.3. The summed E-state index contributed by atoms with van der Waals surface area (Å²) in [7, 11) is 0. The number of para-hydroxylation sites is 2. The largest absolute Gasteiger partial charge is 0.359 e. The maximum absolute atomic E-state index is 5.10. The first-order valence-electron chi connectivity index (χ1n) is 12.3. The highest BCUT2D eigenvalue weighted by Crippen LogP contribution is 2.28. The summed E-state index contributed by atoms with van der Waals surface area (Å²) in [5.74, 6) is 0. The summed E-state index contributed by atoms with van der Waals surface area (Å²) in [5, 5.41) is 3.73. The monoisotopic (exact) mass is 418 g/mol. The van der Waals surface area contributed by atoms with Crippen LogP contribution in [-0.4, -0.2) is 5.71 Å². The Kier molecular flexibility index (Phi) is 10.6. The number of aliphatic imine (C=N–C) groups is 1. The molecule has 0 saturated heterocycles. The fourth-order valence-electron chi connectivity index (χ4n) is 4.25. The molecular formula is C29H42N2. The summed E-state index contributed by atoms with van der Waals surface area (Å²) >= 11 is 0. The molecule has 0 spiro atoms. The summed E-state index contributed by atoms with van der Waals surface area (Å²) in [6.07, 6.45) is 11.1. The molecule has 0 radical (unpaired) electrons. The highest BCUT2D eigenvalue weighted by Gasteiger charge is 2.09. The second-order valence-electron chi connectivity index (χ2n) is 8.58. The number of nitrogens with zero attached hydrogens (tertiary/aromatic N) is 1. The number of benzene rings is 2. The number of nitrogens with one attached hydrogen (secondary N) is 1. The number of hydrogen-bond donors (Lipinski definition) is 1. The van der Waals surface area contributed by atoms with Crippen molar-refractivity contribution in [3.8, 4) is 0 Å². The smallest absolute Gasteiger partial charge is 0.0696 e. The lowest BCUT2D eigenvalue weighted by Crippen LogP contribution is -2.05. The van der Waals surface area contributed by atoms with E-state index in [9.17, 15) is 0 Å². The molecule has 0 saturated carbocycles. The first kappa shape index (κ1) is 24.9. The van der Waals surface area contributed by atoms with E-state index >= 15 is 0 Å². The molecule has 2 nitrogen and oxygen atoms in total. The van der Waals surface area contributed by atoms with E-state index in [1.807, 2.05) is 0 Å². The lowest BCUT2D eigenvalue weighted by Gasteiger charge is -2.17. The summed E-state index contributed by atoms with van der Waals surface area (Å²) < 4.78 is 0. The van der Waals surface area contributed by atoms with Crippen LogP contribution in [0.5, 0.6) is 0 Å². The molecule has 0 bridgehead atoms. The Labute approximate surface area is 190 Å². The van der Waals surface area contributed by atoms with E-state index < -0.39 is 0 Å². The Balaban J connectivity index is 2.36. The van der Waals surface area contributed by atoms with Crippen LogP contribution >= 0.6 is 0 Å². The second kappa shape index (κ2) is 13.1. The molecule has 0 aliphatic rings. The average Bonchev–Trinajstić information content (AvgIpc) is 2.73. The first-order chi connectivity index (χ1) is 15.0. The van der Waals surface area contributed by atoms with Gasteiger partial charge in [0.15, 0.2) is 0 Å². The van der Waals surface area contributed by atoms with Crippen molar-refractivity contribution in [3.05, 3.63) is 70.4 Å². The highest BCUT2D eigenvalue weighted by atomic mass is 14.9. The Bertz CT molecular complexity index is 841. The summed E-state index contributed by atoms with van der Waals surface area (Å²) in [6, 6.07) is 13.4. The van der Waals surface area contributed by atoms with E-state index in [4.69, 9.17) is 4.99 Å². The van der Waals surface area contributed by atoms with Gasteiger partial charge in [-0.1, -0.05) is 89.8 Å². The van der Waals surface area contributed by atoms with E-state index in [0.717, 1.165) is 62.8 Å². The van der Waals surface area contributed by atoms with Crippen LogP contribution in [0.2, 0.25) is 0 Å². The number of allylic oxidation sites excluding steroid dienone is 2. The van der Waals surface area contributed by atoms with Crippen molar-refractivity contribution in [1.82, 2.24) is 0 Å². The van der Waals surface area contributed by atoms with E-state index in [1.165, 1.54) is 33.6 Å². The molecule has 0 aliphatic carbocycles. The number of aryl methyl sites for hydroxylation is 4. The summed E-state index contributed by atoms with van der Waals surface area (Å²) in [6.45, 7) is 13.2. The van der Waals surface area contributed by atoms with Crippen molar-refractivity contribution in [2.45, 2.75) is 92.9 Å². The van der Waals surface area contributed by atoms with Gasteiger partial charge in [0.05, 0.1) is 5.69 Å². The SMILES string of the molecule is CCCc1cccc(CCC)c1N=C(C)/C=C(/C)Nc1c(CCC)cccc1CCC. The third kappa shape index (κ3) is 7.38. The minimum Gasteiger partial charge on any atom is -0.359 e. The molecule has 0 aliphatic heterocycles. The zero-order chi connectivity index (χ0) is 22.6. The molecule has 0 amide bonds. The maximum Gasteiger partial charge on any atom is 0.0696 e. The van der Waals surface area contributed by atoms with Gasteiger partial charge >= 0.3 is 0 Å². The van der Waals surface area contributed by atoms with Crippen molar-refractivity contribution in [1.29, 1.82) is 0 Å². The predicted molar refractivity (Wildman–Crippen MR) is 139 cm³/mol. The van der Waals surface area contributed by atoms with Gasteiger partial charge in [-0.25, -0.2) is 0 Å². The third-order valence-corrected chi connectivity index (χ3v) is 5.55. The summed E-state index contributed by atoms with van der Waals surface area (Å²) in [5.41, 5.74) is 10.2. The fourth-order valence-corrected chi connectivity index (χ4v) is 4.25. The van der Waals surface area contributed by atoms with Crippen molar-refractivity contribution in [3.63, 3.8) is 0 Å². The van der Waals surface area contributed by atoms with Crippen LogP contribution in [0.15, 0.2) is 53.2 Å². The van der Waals surface area contributed by atoms with Crippen LogP contribution in [-0.2, 0) is 25.7 Å². The van der Waals surface area contributed by atoms with Crippen molar-refractivity contribution in [2.24, 2.45) is 4.99 Å². The lowest BCUT2D eigenvalue weighted by atomic mass is 10.00. The molecule has 31 heavy (non-hydrogen) atoms. The van der Waals surface area contributed by atoms with Gasteiger partial charge in [0.2, 0.25) is 0 Å². The Hall–Kier alpha value is -2.35. The van der Waals surface area contributed by atoms with Crippen LogP contribution in [0.4, 0.5) is 11.4 Å². The molecule has 0 atom stereocenters. The fraction of sp³-hybridized carbons (Fsp3) is 0.483. The average molecular weight is 419 g/mol. The Morgan fingerprint density at radius 3 is 1.58 bits per heavy atom. The number of rotatable bonds is 12. The van der Waals surface area contributed by atoms with Crippen LogP contribution in [0.1, 0.15) is 89.5 Å². The minimum atomic E-state index is 1.05. The Morgan fingerprint density at radius 1 is 0.710 bits per heavy atom. The van der Waals surface area contributed by atoms with Gasteiger partial charge in [-0.05, 0) is 67.9 Å². The lowest BCUT2D eigenvalue weighted by molar-refractivity contribution is 0.895. The van der Waals surface area contributed by atoms with Crippen LogP contribution < -0.4 is 5.32 Å². The topological polar surface area (TPSA) is 24.4 Å². The van der Waals surface area contributed by atoms with E-state index in [2.05, 4.69) is 89.3 Å². The summed E-state index contributed by atoms with van der Waals surface area (Å²) in [4.78, 5) is 5.10. The van der Waals surface area contributed by atoms with Crippen molar-refractivity contribution >= 4 is 17.1 Å². The van der Waals surface area contributed by atoms with Gasteiger partial charge in [0.25, 0.3) is 0 Å². The molecule has 2 aromatic carbocycles. The molecular weight excluding hydrogens is 376 g/mol. The number of anilines is 1. The molecule has 2 aromatic rings. The van der Waals surface area contributed by atoms with Gasteiger partial charge in [0.1, 0.15) is 0 Å². The zero-order valence-corrected chi connectivity index (χ0v) is 20.6. The minimum absolute atomic E-state index is 1.05. The van der Waals surface area contributed by atoms with Gasteiger partial charge in [-0.15, -0.1) is 0 Å². The van der Waals surface area contributed by atoms with E-state index in [1.54, 1.807) is 0 Å². The van der Waals surface area contributed by atoms with Gasteiger partial charge in [-0.3, -0.25) is 4.99 Å². The quantitative estimate of drug-likeness (QED) is 0.343. The van der Waals surface area contributed by atoms with Crippen LogP contribution in [0.25, 0.3) is 0 Å². The highest BCUT2D eigenvalue weighted by molar-refractivity contribution is 5.96. The molecule has 2 rings (SSSR count). The molecule has 168 valence electrons. The molecule has 0 unspecified atom stereocenters. The predicted octanol–water partition coefficient (Wildman–Crippen LogP) is 8.60. The van der Waals surface area contributed by atoms with E-state index in [0.29, 0.717) is 0 Å². The standard InChI is InChI=1S/C29H42N2/c1-7-13-24-17-11-18-25(14-8-2)28(24)30-22(5)21-23(6)31-29-26(15-9-3)19-12-20-27(29)16-10-4/h11-12,17-21,30H,7-10,13-16H2,1-6H3/b22-21-,31-23?. The van der Waals surface area contributed by atoms with Crippen LogP contribution in [0, 0.1) is 0 Å². The van der Waals surface area contributed by atoms with Gasteiger partial charge < -0.3 is 5.32 Å². The number of hydrogen-bond acceptors (Lipinski definition) is 2. The van der Waals surface area contributed by atoms with Crippen molar-refractivity contribution < 1.29 is 0 Å². The molecule has 0 aromatic heterocycles. The second-order valence-corrected chi connectivity index (χ2v) is 8.58. The zero-order valence-electron chi connectivity index (χ0n) is 20.6. The molecule has 1 N–H and O–H groups in total. The maximum atomic E-state index is 5.10.